The molecule has 2 nitrogen and oxygen atoms in total. The predicted octanol–water partition coefficient (Wildman–Crippen LogP) is 3.90. The van der Waals surface area contributed by atoms with Crippen LogP contribution in [0.2, 0.25) is 0 Å². The first-order chi connectivity index (χ1) is 9.27. The minimum atomic E-state index is -0.795. The molecule has 1 fully saturated rings. The SMILES string of the molecule is C/C=C(\C=C(/CC)C(C)(C)C)NC1CCN(C)CC1F. The fourth-order valence-electron chi connectivity index (χ4n) is 2.68. The third kappa shape index (κ3) is 4.93. The molecule has 1 aliphatic heterocycles. The summed E-state index contributed by atoms with van der Waals surface area (Å²) in [6.45, 7) is 12.3. The molecule has 116 valence electrons. The highest BCUT2D eigenvalue weighted by atomic mass is 19.1. The Balaban J connectivity index is 2.76. The van der Waals surface area contributed by atoms with E-state index >= 15 is 0 Å². The number of nitrogens with zero attached hydrogens (tertiary/aromatic N) is 1. The number of allylic oxidation sites excluding steroid dienone is 3. The molecular weight excluding hydrogens is 251 g/mol. The normalized spacial score (nSPS) is 26.8. The molecule has 0 aromatic rings. The molecule has 1 heterocycles. The van der Waals surface area contributed by atoms with E-state index in [-0.39, 0.29) is 11.5 Å². The highest BCUT2D eigenvalue weighted by molar-refractivity contribution is 5.25. The fraction of sp³-hybridized carbons (Fsp3) is 0.765. The summed E-state index contributed by atoms with van der Waals surface area (Å²) < 4.78 is 14.1. The topological polar surface area (TPSA) is 15.3 Å². The quantitative estimate of drug-likeness (QED) is 0.787. The Morgan fingerprint density at radius 3 is 2.50 bits per heavy atom. The number of likely N-dealkylation sites (tertiary alicyclic amines) is 1. The van der Waals surface area contributed by atoms with Crippen LogP contribution in [0.1, 0.15) is 47.5 Å². The van der Waals surface area contributed by atoms with Crippen molar-refractivity contribution in [2.24, 2.45) is 5.41 Å². The van der Waals surface area contributed by atoms with E-state index in [1.165, 1.54) is 5.57 Å². The molecule has 2 atom stereocenters. The van der Waals surface area contributed by atoms with Crippen molar-refractivity contribution in [2.45, 2.75) is 59.7 Å². The molecule has 0 aromatic heterocycles. The van der Waals surface area contributed by atoms with Crippen LogP contribution in [0.25, 0.3) is 0 Å². The molecule has 0 saturated carbocycles. The number of hydrogen-bond acceptors (Lipinski definition) is 2. The van der Waals surface area contributed by atoms with Gasteiger partial charge in [-0.1, -0.05) is 39.3 Å². The summed E-state index contributed by atoms with van der Waals surface area (Å²) in [6.07, 6.45) is 5.34. The van der Waals surface area contributed by atoms with Crippen molar-refractivity contribution in [3.05, 3.63) is 23.4 Å². The molecule has 1 N–H and O–H groups in total. The summed E-state index contributed by atoms with van der Waals surface area (Å²) in [5, 5.41) is 3.40. The van der Waals surface area contributed by atoms with E-state index in [9.17, 15) is 4.39 Å². The number of rotatable bonds is 4. The average Bonchev–Trinajstić information content (AvgIpc) is 2.35. The largest absolute Gasteiger partial charge is 0.380 e. The lowest BCUT2D eigenvalue weighted by molar-refractivity contribution is 0.128. The summed E-state index contributed by atoms with van der Waals surface area (Å²) in [7, 11) is 1.98. The van der Waals surface area contributed by atoms with E-state index in [1.54, 1.807) is 0 Å². The first-order valence-corrected chi connectivity index (χ1v) is 7.74. The summed E-state index contributed by atoms with van der Waals surface area (Å²) in [4.78, 5) is 2.06. The Morgan fingerprint density at radius 2 is 2.05 bits per heavy atom. The zero-order valence-corrected chi connectivity index (χ0v) is 14.0. The van der Waals surface area contributed by atoms with Crippen LogP contribution in [0.4, 0.5) is 4.39 Å². The van der Waals surface area contributed by atoms with Crippen LogP contribution in [0.15, 0.2) is 23.4 Å². The van der Waals surface area contributed by atoms with Crippen LogP contribution in [0.5, 0.6) is 0 Å². The van der Waals surface area contributed by atoms with Crippen molar-refractivity contribution in [1.29, 1.82) is 0 Å². The van der Waals surface area contributed by atoms with Gasteiger partial charge in [0.1, 0.15) is 6.17 Å². The van der Waals surface area contributed by atoms with E-state index < -0.39 is 6.17 Å². The van der Waals surface area contributed by atoms with E-state index in [4.69, 9.17) is 0 Å². The molecular formula is C17H31FN2. The van der Waals surface area contributed by atoms with Crippen LogP contribution in [0.3, 0.4) is 0 Å². The van der Waals surface area contributed by atoms with Crippen LogP contribution >= 0.6 is 0 Å². The van der Waals surface area contributed by atoms with Gasteiger partial charge in [-0.05, 0) is 38.3 Å². The molecule has 1 aliphatic rings. The van der Waals surface area contributed by atoms with E-state index in [1.807, 2.05) is 20.0 Å². The maximum atomic E-state index is 14.1. The summed E-state index contributed by atoms with van der Waals surface area (Å²) >= 11 is 0. The third-order valence-corrected chi connectivity index (χ3v) is 4.08. The molecule has 0 bridgehead atoms. The van der Waals surface area contributed by atoms with Crippen molar-refractivity contribution in [2.75, 3.05) is 20.1 Å². The van der Waals surface area contributed by atoms with Gasteiger partial charge < -0.3 is 10.2 Å². The molecule has 1 saturated heterocycles. The second kappa shape index (κ2) is 7.26. The maximum absolute atomic E-state index is 14.1. The van der Waals surface area contributed by atoms with Gasteiger partial charge in [0, 0.05) is 18.8 Å². The van der Waals surface area contributed by atoms with Crippen molar-refractivity contribution < 1.29 is 4.39 Å². The lowest BCUT2D eigenvalue weighted by Gasteiger charge is -2.34. The van der Waals surface area contributed by atoms with Gasteiger partial charge in [-0.25, -0.2) is 4.39 Å². The molecule has 2 unspecified atom stereocenters. The van der Waals surface area contributed by atoms with Gasteiger partial charge in [-0.2, -0.15) is 0 Å². The number of hydrogen-bond donors (Lipinski definition) is 1. The van der Waals surface area contributed by atoms with Crippen molar-refractivity contribution in [1.82, 2.24) is 10.2 Å². The first kappa shape index (κ1) is 17.2. The monoisotopic (exact) mass is 282 g/mol. The van der Waals surface area contributed by atoms with E-state index in [0.29, 0.717) is 6.54 Å². The molecule has 0 amide bonds. The predicted molar refractivity (Wildman–Crippen MR) is 85.5 cm³/mol. The van der Waals surface area contributed by atoms with Crippen LogP contribution < -0.4 is 5.32 Å². The van der Waals surface area contributed by atoms with Gasteiger partial charge in [0.05, 0.1) is 6.04 Å². The average molecular weight is 282 g/mol. The Kier molecular flexibility index (Phi) is 6.25. The van der Waals surface area contributed by atoms with Crippen molar-refractivity contribution in [3.8, 4) is 0 Å². The van der Waals surface area contributed by atoms with Gasteiger partial charge in [0.2, 0.25) is 0 Å². The second-order valence-corrected chi connectivity index (χ2v) is 6.83. The Bertz CT molecular complexity index is 366. The van der Waals surface area contributed by atoms with E-state index in [2.05, 4.69) is 44.0 Å². The molecule has 1 rings (SSSR count). The van der Waals surface area contributed by atoms with Gasteiger partial charge in [0.15, 0.2) is 0 Å². The smallest absolute Gasteiger partial charge is 0.133 e. The Hall–Kier alpha value is -0.830. The fourth-order valence-corrected chi connectivity index (χ4v) is 2.68. The molecule has 20 heavy (non-hydrogen) atoms. The third-order valence-electron chi connectivity index (χ3n) is 4.08. The molecule has 0 spiro atoms. The van der Waals surface area contributed by atoms with Gasteiger partial charge in [0.25, 0.3) is 0 Å². The van der Waals surface area contributed by atoms with Crippen LogP contribution in [-0.2, 0) is 0 Å². The summed E-state index contributed by atoms with van der Waals surface area (Å²) in [6, 6.07) is -0.0632. The molecule has 3 heteroatoms. The minimum absolute atomic E-state index is 0.0632. The van der Waals surface area contributed by atoms with Crippen LogP contribution in [-0.4, -0.2) is 37.3 Å². The van der Waals surface area contributed by atoms with Crippen molar-refractivity contribution >= 4 is 0 Å². The second-order valence-electron chi connectivity index (χ2n) is 6.83. The molecule has 0 aromatic carbocycles. The number of nitrogens with one attached hydrogen (secondary N) is 1. The first-order valence-electron chi connectivity index (χ1n) is 7.74. The maximum Gasteiger partial charge on any atom is 0.133 e. The highest BCUT2D eigenvalue weighted by Crippen LogP contribution is 2.28. The van der Waals surface area contributed by atoms with Gasteiger partial charge >= 0.3 is 0 Å². The number of halogens is 1. The van der Waals surface area contributed by atoms with Crippen molar-refractivity contribution in [3.63, 3.8) is 0 Å². The minimum Gasteiger partial charge on any atom is -0.380 e. The van der Waals surface area contributed by atoms with Gasteiger partial charge in [-0.3, -0.25) is 0 Å². The standard InChI is InChI=1S/C17H31FN2/c1-7-13(17(3,4)5)11-14(8-2)19-16-9-10-20(6)12-15(16)18/h8,11,15-16,19H,7,9-10,12H2,1-6H3/b13-11+,14-8+. The Labute approximate surface area is 124 Å². The molecule has 0 aliphatic carbocycles. The zero-order chi connectivity index (χ0) is 15.3. The number of piperidine rings is 1. The Morgan fingerprint density at radius 1 is 1.40 bits per heavy atom. The lowest BCUT2D eigenvalue weighted by Crippen LogP contribution is -2.49. The summed E-state index contributed by atoms with van der Waals surface area (Å²) in [5.74, 6) is 0. The summed E-state index contributed by atoms with van der Waals surface area (Å²) in [5.41, 5.74) is 2.60. The van der Waals surface area contributed by atoms with E-state index in [0.717, 1.165) is 25.1 Å². The van der Waals surface area contributed by atoms with Gasteiger partial charge in [-0.15, -0.1) is 0 Å². The number of alkyl halides is 1. The zero-order valence-electron chi connectivity index (χ0n) is 14.0. The molecule has 0 radical (unpaired) electrons. The highest BCUT2D eigenvalue weighted by Gasteiger charge is 2.27. The lowest BCUT2D eigenvalue weighted by atomic mass is 9.84. The van der Waals surface area contributed by atoms with Crippen LogP contribution in [0, 0.1) is 5.41 Å².